The van der Waals surface area contributed by atoms with Gasteiger partial charge >= 0.3 is 12.0 Å². The Morgan fingerprint density at radius 2 is 1.96 bits per heavy atom. The van der Waals surface area contributed by atoms with E-state index in [4.69, 9.17) is 0 Å². The van der Waals surface area contributed by atoms with Gasteiger partial charge in [-0.1, -0.05) is 30.3 Å². The maximum atomic E-state index is 12.6. The SMILES string of the molecule is CC1(C)C[N+]2(C(=O)O)C(=O)C(NC(=O)Cc3ccccc3)[C@@H]2S1=O. The lowest BCUT2D eigenvalue weighted by molar-refractivity contribution is -0.819. The van der Waals surface area contributed by atoms with E-state index in [2.05, 4.69) is 5.32 Å². The van der Waals surface area contributed by atoms with E-state index >= 15 is 0 Å². The maximum absolute atomic E-state index is 12.6. The molecular weight excluding hydrogens is 332 g/mol. The Kier molecular flexibility index (Phi) is 3.84. The monoisotopic (exact) mass is 351 g/mol. The summed E-state index contributed by atoms with van der Waals surface area (Å²) in [5.41, 5.74) is 0.786. The molecule has 2 fully saturated rings. The number of rotatable bonds is 3. The van der Waals surface area contributed by atoms with Crippen LogP contribution in [-0.2, 0) is 26.8 Å². The summed E-state index contributed by atoms with van der Waals surface area (Å²) in [5, 5.41) is 11.2. The predicted octanol–water partition coefficient (Wildman–Crippen LogP) is 0.616. The molecule has 1 aromatic rings. The number of β-lactam (4-membered cyclic amide) rings is 1. The smallest absolute Gasteiger partial charge is 0.435 e. The summed E-state index contributed by atoms with van der Waals surface area (Å²) in [6, 6.07) is 8.00. The van der Waals surface area contributed by atoms with Crippen molar-refractivity contribution in [1.82, 2.24) is 5.32 Å². The van der Waals surface area contributed by atoms with Gasteiger partial charge in [0.25, 0.3) is 0 Å². The third-order valence-corrected chi connectivity index (χ3v) is 6.93. The molecule has 3 unspecified atom stereocenters. The van der Waals surface area contributed by atoms with Gasteiger partial charge in [-0.05, 0) is 19.4 Å². The molecule has 0 saturated carbocycles. The van der Waals surface area contributed by atoms with Crippen molar-refractivity contribution >= 4 is 28.7 Å². The van der Waals surface area contributed by atoms with Gasteiger partial charge in [-0.15, -0.1) is 4.48 Å². The number of quaternary nitrogens is 1. The molecule has 0 radical (unpaired) electrons. The van der Waals surface area contributed by atoms with Crippen LogP contribution in [0.3, 0.4) is 0 Å². The molecule has 2 saturated heterocycles. The van der Waals surface area contributed by atoms with Crippen LogP contribution < -0.4 is 5.32 Å². The molecule has 3 amide bonds. The number of carbonyl (C=O) groups is 3. The first-order valence-electron chi connectivity index (χ1n) is 7.60. The summed E-state index contributed by atoms with van der Waals surface area (Å²) in [7, 11) is -1.54. The molecule has 128 valence electrons. The average Bonchev–Trinajstić information content (AvgIpc) is 2.71. The van der Waals surface area contributed by atoms with Crippen LogP contribution in [0.5, 0.6) is 0 Å². The second kappa shape index (κ2) is 5.49. The Labute approximate surface area is 141 Å². The average molecular weight is 351 g/mol. The highest BCUT2D eigenvalue weighted by Gasteiger charge is 2.79. The van der Waals surface area contributed by atoms with E-state index in [0.29, 0.717) is 0 Å². The molecule has 2 aliphatic heterocycles. The first-order chi connectivity index (χ1) is 11.2. The van der Waals surface area contributed by atoms with Crippen LogP contribution in [0.1, 0.15) is 19.4 Å². The van der Waals surface area contributed by atoms with Gasteiger partial charge in [0.05, 0.1) is 22.0 Å². The quantitative estimate of drug-likeness (QED) is 0.614. The summed E-state index contributed by atoms with van der Waals surface area (Å²) in [5.74, 6) is -0.989. The lowest BCUT2D eigenvalue weighted by Gasteiger charge is -2.43. The molecule has 0 aliphatic carbocycles. The van der Waals surface area contributed by atoms with Crippen molar-refractivity contribution in [3.8, 4) is 0 Å². The minimum Gasteiger partial charge on any atom is -0.435 e. The number of benzene rings is 1. The highest BCUT2D eigenvalue weighted by atomic mass is 32.2. The minimum absolute atomic E-state index is 0.0243. The summed E-state index contributed by atoms with van der Waals surface area (Å²) in [4.78, 5) is 36.3. The second-order valence-electron chi connectivity index (χ2n) is 6.80. The Morgan fingerprint density at radius 3 is 2.54 bits per heavy atom. The highest BCUT2D eigenvalue weighted by molar-refractivity contribution is 7.87. The number of nitrogens with one attached hydrogen (secondary N) is 1. The topological polar surface area (TPSA) is 101 Å². The van der Waals surface area contributed by atoms with Crippen LogP contribution in [0.2, 0.25) is 0 Å². The van der Waals surface area contributed by atoms with Crippen molar-refractivity contribution in [3.05, 3.63) is 35.9 Å². The van der Waals surface area contributed by atoms with E-state index < -0.39 is 43.4 Å². The van der Waals surface area contributed by atoms with E-state index in [0.717, 1.165) is 5.56 Å². The van der Waals surface area contributed by atoms with Crippen molar-refractivity contribution in [2.45, 2.75) is 36.4 Å². The van der Waals surface area contributed by atoms with Gasteiger partial charge in [-0.2, -0.15) is 4.79 Å². The third kappa shape index (κ3) is 2.29. The fourth-order valence-electron chi connectivity index (χ4n) is 3.52. The molecule has 2 N–H and O–H groups in total. The minimum atomic E-state index is -1.54. The zero-order valence-corrected chi connectivity index (χ0v) is 14.2. The number of fused-ring (bicyclic) bond motifs is 1. The Balaban J connectivity index is 1.79. The first kappa shape index (κ1) is 16.8. The zero-order valence-electron chi connectivity index (χ0n) is 13.4. The number of carboxylic acid groups (broad SMARTS) is 1. The van der Waals surface area contributed by atoms with Crippen LogP contribution in [0.15, 0.2) is 30.3 Å². The summed E-state index contributed by atoms with van der Waals surface area (Å²) in [6.45, 7) is 3.34. The van der Waals surface area contributed by atoms with Gasteiger partial charge in [0.1, 0.15) is 6.54 Å². The molecule has 0 spiro atoms. The van der Waals surface area contributed by atoms with Gasteiger partial charge in [0.15, 0.2) is 0 Å². The Hall–Kier alpha value is -2.06. The lowest BCUT2D eigenvalue weighted by atomic mass is 9.99. The number of carbonyl (C=O) groups excluding carboxylic acids is 2. The Bertz CT molecular complexity index is 748. The molecule has 2 aliphatic rings. The summed E-state index contributed by atoms with van der Waals surface area (Å²) < 4.78 is 11.0. The van der Waals surface area contributed by atoms with E-state index in [9.17, 15) is 23.7 Å². The second-order valence-corrected chi connectivity index (χ2v) is 8.99. The number of imide groups is 1. The van der Waals surface area contributed by atoms with Crippen molar-refractivity contribution in [2.24, 2.45) is 0 Å². The molecule has 0 aromatic heterocycles. The lowest BCUT2D eigenvalue weighted by Crippen LogP contribution is -2.81. The van der Waals surface area contributed by atoms with E-state index in [1.807, 2.05) is 6.07 Å². The molecular formula is C16H19N2O5S+. The van der Waals surface area contributed by atoms with E-state index in [-0.39, 0.29) is 18.9 Å². The third-order valence-electron chi connectivity index (χ3n) is 4.64. The summed E-state index contributed by atoms with van der Waals surface area (Å²) >= 11 is 0. The fraction of sp³-hybridized carbons (Fsp3) is 0.438. The van der Waals surface area contributed by atoms with Gasteiger partial charge in [0.2, 0.25) is 17.3 Å². The highest BCUT2D eigenvalue weighted by Crippen LogP contribution is 2.45. The van der Waals surface area contributed by atoms with Crippen LogP contribution in [0.4, 0.5) is 4.79 Å². The van der Waals surface area contributed by atoms with Crippen LogP contribution in [-0.4, -0.2) is 54.4 Å². The summed E-state index contributed by atoms with van der Waals surface area (Å²) in [6.07, 6.45) is -1.22. The number of hydrogen-bond acceptors (Lipinski definition) is 4. The molecule has 24 heavy (non-hydrogen) atoms. The van der Waals surface area contributed by atoms with Crippen LogP contribution in [0, 0.1) is 0 Å². The first-order valence-corrected chi connectivity index (χ1v) is 8.81. The standard InChI is InChI=1S/C16H18N2O5S/c1-16(2)9-18(15(21)22)13(20)12(14(18)24(16)23)17-11(19)8-10-6-4-3-5-7-10/h3-7,12,14H,8-9H2,1-2H3,(H-,17,19,21,22)/p+1/t12?,14-,18?,24?/m0/s1. The van der Waals surface area contributed by atoms with E-state index in [1.165, 1.54) is 0 Å². The largest absolute Gasteiger partial charge is 0.522 e. The maximum Gasteiger partial charge on any atom is 0.522 e. The molecule has 0 bridgehead atoms. The van der Waals surface area contributed by atoms with Crippen molar-refractivity contribution in [3.63, 3.8) is 0 Å². The molecule has 4 atom stereocenters. The molecule has 8 heteroatoms. The van der Waals surface area contributed by atoms with Crippen LogP contribution in [0.25, 0.3) is 0 Å². The molecule has 1 aromatic carbocycles. The number of hydrogen-bond donors (Lipinski definition) is 2. The van der Waals surface area contributed by atoms with Gasteiger partial charge in [-0.25, -0.2) is 4.79 Å². The molecule has 2 heterocycles. The van der Waals surface area contributed by atoms with Gasteiger partial charge in [-0.3, -0.25) is 9.00 Å². The van der Waals surface area contributed by atoms with Crippen molar-refractivity contribution in [2.75, 3.05) is 6.54 Å². The zero-order chi connectivity index (χ0) is 17.7. The number of nitrogens with zero attached hydrogens (tertiary/aromatic N) is 1. The molecule has 7 nitrogen and oxygen atoms in total. The fourth-order valence-corrected chi connectivity index (χ4v) is 5.54. The van der Waals surface area contributed by atoms with Crippen molar-refractivity contribution < 1.29 is 28.2 Å². The van der Waals surface area contributed by atoms with Crippen molar-refractivity contribution in [1.29, 1.82) is 0 Å². The Morgan fingerprint density at radius 1 is 1.33 bits per heavy atom. The molecule has 3 rings (SSSR count). The van der Waals surface area contributed by atoms with Crippen LogP contribution >= 0.6 is 0 Å². The number of amides is 3. The normalized spacial score (nSPS) is 33.4. The van der Waals surface area contributed by atoms with E-state index in [1.54, 1.807) is 38.1 Å². The van der Waals surface area contributed by atoms with Gasteiger partial charge in [0, 0.05) is 0 Å². The van der Waals surface area contributed by atoms with Gasteiger partial charge < -0.3 is 10.4 Å². The predicted molar refractivity (Wildman–Crippen MR) is 86.2 cm³/mol.